The van der Waals surface area contributed by atoms with E-state index in [4.69, 9.17) is 4.74 Å². The van der Waals surface area contributed by atoms with Crippen LogP contribution in [-0.2, 0) is 4.79 Å². The number of anilines is 1. The van der Waals surface area contributed by atoms with Gasteiger partial charge in [0.25, 0.3) is 5.91 Å². The normalized spacial score (nSPS) is 11.1. The monoisotopic (exact) mass is 391 g/mol. The van der Waals surface area contributed by atoms with Crippen LogP contribution in [0.25, 0.3) is 16.2 Å². The number of carbonyl (C=O) groups is 1. The van der Waals surface area contributed by atoms with Crippen molar-refractivity contribution < 1.29 is 9.53 Å². The van der Waals surface area contributed by atoms with Crippen molar-refractivity contribution in [3.8, 4) is 17.0 Å². The lowest BCUT2D eigenvalue weighted by Crippen LogP contribution is -2.20. The zero-order valence-corrected chi connectivity index (χ0v) is 16.6. The van der Waals surface area contributed by atoms with Crippen molar-refractivity contribution in [2.45, 2.75) is 19.8 Å². The van der Waals surface area contributed by atoms with Gasteiger partial charge in [-0.05, 0) is 29.7 Å². The van der Waals surface area contributed by atoms with Gasteiger partial charge < -0.3 is 10.1 Å². The molecular formula is C22H21N3O2S. The second-order valence-corrected chi connectivity index (χ2v) is 7.70. The number of nitrogens with zero attached hydrogens (tertiary/aromatic N) is 2. The van der Waals surface area contributed by atoms with Gasteiger partial charge in [0.2, 0.25) is 0 Å². The number of hydrogen-bond donors (Lipinski definition) is 1. The van der Waals surface area contributed by atoms with E-state index in [-0.39, 0.29) is 12.5 Å². The Morgan fingerprint density at radius 1 is 1.18 bits per heavy atom. The van der Waals surface area contributed by atoms with Crippen LogP contribution >= 0.6 is 11.3 Å². The first-order chi connectivity index (χ1) is 13.6. The molecule has 0 fully saturated rings. The largest absolute Gasteiger partial charge is 0.484 e. The molecule has 0 aliphatic heterocycles. The van der Waals surface area contributed by atoms with E-state index in [2.05, 4.69) is 24.1 Å². The summed E-state index contributed by atoms with van der Waals surface area (Å²) >= 11 is 1.58. The average molecular weight is 391 g/mol. The lowest BCUT2D eigenvalue weighted by Gasteiger charge is -2.11. The standard InChI is InChI=1S/C22H21N3O2S/c1-15(2)16-7-9-17(10-8-16)27-14-21(26)23-19-6-4-3-5-18(19)20-13-25-11-12-28-22(25)24-20/h3-13,15H,14H2,1-2H3,(H,23,26). The summed E-state index contributed by atoms with van der Waals surface area (Å²) in [6, 6.07) is 15.5. The number of hydrogen-bond acceptors (Lipinski definition) is 4. The first kappa shape index (κ1) is 18.3. The van der Waals surface area contributed by atoms with Crippen LogP contribution in [0.4, 0.5) is 5.69 Å². The summed E-state index contributed by atoms with van der Waals surface area (Å²) in [5.41, 5.74) is 3.67. The third-order valence-electron chi connectivity index (χ3n) is 4.49. The van der Waals surface area contributed by atoms with Gasteiger partial charge in [-0.25, -0.2) is 4.98 Å². The summed E-state index contributed by atoms with van der Waals surface area (Å²) in [5.74, 6) is 0.940. The molecule has 0 saturated carbocycles. The highest BCUT2D eigenvalue weighted by Crippen LogP contribution is 2.28. The smallest absolute Gasteiger partial charge is 0.262 e. The number of imidazole rings is 1. The Hall–Kier alpha value is -3.12. The fourth-order valence-electron chi connectivity index (χ4n) is 2.96. The molecule has 2 aromatic carbocycles. The Morgan fingerprint density at radius 2 is 1.96 bits per heavy atom. The van der Waals surface area contributed by atoms with Crippen molar-refractivity contribution >= 4 is 27.9 Å². The highest BCUT2D eigenvalue weighted by Gasteiger charge is 2.12. The van der Waals surface area contributed by atoms with Crippen LogP contribution in [0.15, 0.2) is 66.3 Å². The number of amides is 1. The predicted molar refractivity (Wildman–Crippen MR) is 113 cm³/mol. The van der Waals surface area contributed by atoms with E-state index < -0.39 is 0 Å². The Balaban J connectivity index is 1.44. The highest BCUT2D eigenvalue weighted by atomic mass is 32.1. The molecule has 0 saturated heterocycles. The number of para-hydroxylation sites is 1. The molecule has 142 valence electrons. The Bertz CT molecular complexity index is 1070. The Morgan fingerprint density at radius 3 is 2.71 bits per heavy atom. The molecule has 4 rings (SSSR count). The molecular weight excluding hydrogens is 370 g/mol. The highest BCUT2D eigenvalue weighted by molar-refractivity contribution is 7.15. The number of thiazole rings is 1. The second-order valence-electron chi connectivity index (χ2n) is 6.83. The van der Waals surface area contributed by atoms with Gasteiger partial charge in [-0.3, -0.25) is 9.20 Å². The lowest BCUT2D eigenvalue weighted by molar-refractivity contribution is -0.118. The quantitative estimate of drug-likeness (QED) is 0.491. The van der Waals surface area contributed by atoms with E-state index in [1.54, 1.807) is 11.3 Å². The minimum atomic E-state index is -0.207. The molecule has 1 amide bonds. The molecule has 2 heterocycles. The molecule has 4 aromatic rings. The van der Waals surface area contributed by atoms with E-state index in [0.29, 0.717) is 11.7 Å². The topological polar surface area (TPSA) is 55.6 Å². The molecule has 0 aliphatic carbocycles. The van der Waals surface area contributed by atoms with Crippen molar-refractivity contribution in [3.05, 3.63) is 71.9 Å². The Kier molecular flexibility index (Phi) is 5.12. The number of ether oxygens (including phenoxy) is 1. The molecule has 0 aliphatic rings. The zero-order chi connectivity index (χ0) is 19.5. The number of aromatic nitrogens is 2. The van der Waals surface area contributed by atoms with Crippen molar-refractivity contribution in [2.75, 3.05) is 11.9 Å². The van der Waals surface area contributed by atoms with Gasteiger partial charge in [0.15, 0.2) is 11.6 Å². The minimum absolute atomic E-state index is 0.0480. The summed E-state index contributed by atoms with van der Waals surface area (Å²) in [6.07, 6.45) is 3.93. The molecule has 28 heavy (non-hydrogen) atoms. The summed E-state index contributed by atoms with van der Waals surface area (Å²) < 4.78 is 7.60. The molecule has 0 unspecified atom stereocenters. The molecule has 5 nitrogen and oxygen atoms in total. The van der Waals surface area contributed by atoms with E-state index in [1.165, 1.54) is 5.56 Å². The number of nitrogens with one attached hydrogen (secondary N) is 1. The third kappa shape index (κ3) is 3.92. The van der Waals surface area contributed by atoms with Gasteiger partial charge in [-0.2, -0.15) is 0 Å². The maximum atomic E-state index is 12.4. The van der Waals surface area contributed by atoms with E-state index >= 15 is 0 Å². The number of rotatable bonds is 6. The fraction of sp³-hybridized carbons (Fsp3) is 0.182. The number of benzene rings is 2. The zero-order valence-electron chi connectivity index (χ0n) is 15.8. The van der Waals surface area contributed by atoms with E-state index in [0.717, 1.165) is 21.9 Å². The molecule has 1 N–H and O–H groups in total. The first-order valence-corrected chi connectivity index (χ1v) is 10.0. The summed E-state index contributed by atoms with van der Waals surface area (Å²) in [5, 5.41) is 4.93. The van der Waals surface area contributed by atoms with Gasteiger partial charge in [0.1, 0.15) is 5.75 Å². The average Bonchev–Trinajstić information content (AvgIpc) is 3.29. The Labute approximate surface area is 167 Å². The SMILES string of the molecule is CC(C)c1ccc(OCC(=O)Nc2ccccc2-c2cn3ccsc3n2)cc1. The van der Waals surface area contributed by atoms with Crippen LogP contribution in [0.2, 0.25) is 0 Å². The van der Waals surface area contributed by atoms with Crippen LogP contribution in [0.5, 0.6) is 5.75 Å². The van der Waals surface area contributed by atoms with Crippen LogP contribution in [0, 0.1) is 0 Å². The van der Waals surface area contributed by atoms with Crippen LogP contribution in [0.1, 0.15) is 25.3 Å². The van der Waals surface area contributed by atoms with Crippen molar-refractivity contribution in [1.29, 1.82) is 0 Å². The van der Waals surface area contributed by atoms with Gasteiger partial charge in [0.05, 0.1) is 11.4 Å². The van der Waals surface area contributed by atoms with Crippen molar-refractivity contribution in [3.63, 3.8) is 0 Å². The van der Waals surface area contributed by atoms with Gasteiger partial charge in [-0.15, -0.1) is 11.3 Å². The molecule has 2 aromatic heterocycles. The van der Waals surface area contributed by atoms with Gasteiger partial charge >= 0.3 is 0 Å². The van der Waals surface area contributed by atoms with Gasteiger partial charge in [0, 0.05) is 23.3 Å². The number of carbonyl (C=O) groups excluding carboxylic acids is 1. The summed E-state index contributed by atoms with van der Waals surface area (Å²) in [7, 11) is 0. The summed E-state index contributed by atoms with van der Waals surface area (Å²) in [6.45, 7) is 4.24. The minimum Gasteiger partial charge on any atom is -0.484 e. The van der Waals surface area contributed by atoms with E-state index in [9.17, 15) is 4.79 Å². The maximum Gasteiger partial charge on any atom is 0.262 e. The lowest BCUT2D eigenvalue weighted by atomic mass is 10.0. The fourth-order valence-corrected chi connectivity index (χ4v) is 3.66. The maximum absolute atomic E-state index is 12.4. The van der Waals surface area contributed by atoms with Crippen LogP contribution in [-0.4, -0.2) is 21.9 Å². The predicted octanol–water partition coefficient (Wildman–Crippen LogP) is 5.20. The molecule has 0 atom stereocenters. The molecule has 0 spiro atoms. The third-order valence-corrected chi connectivity index (χ3v) is 5.26. The second kappa shape index (κ2) is 7.86. The van der Waals surface area contributed by atoms with Gasteiger partial charge in [-0.1, -0.05) is 44.2 Å². The molecule has 0 bridgehead atoms. The van der Waals surface area contributed by atoms with E-state index in [1.807, 2.05) is 70.7 Å². The first-order valence-electron chi connectivity index (χ1n) is 9.14. The summed E-state index contributed by atoms with van der Waals surface area (Å²) in [4.78, 5) is 18.0. The van der Waals surface area contributed by atoms with Crippen molar-refractivity contribution in [1.82, 2.24) is 9.38 Å². The molecule has 6 heteroatoms. The van der Waals surface area contributed by atoms with Crippen molar-refractivity contribution in [2.24, 2.45) is 0 Å². The number of fused-ring (bicyclic) bond motifs is 1. The van der Waals surface area contributed by atoms with Crippen LogP contribution < -0.4 is 10.1 Å². The molecule has 0 radical (unpaired) electrons. The van der Waals surface area contributed by atoms with Crippen LogP contribution in [0.3, 0.4) is 0 Å².